The number of methoxy groups -OCH3 is 1. The van der Waals surface area contributed by atoms with Crippen LogP contribution in [0, 0.1) is 13.8 Å². The molecule has 0 aliphatic rings. The zero-order valence-electron chi connectivity index (χ0n) is 22.4. The maximum absolute atomic E-state index is 13.0. The molecular weight excluding hydrogens is 509 g/mol. The Morgan fingerprint density at radius 2 is 1.68 bits per heavy atom. The fourth-order valence-electron chi connectivity index (χ4n) is 4.86. The molecule has 204 valence electrons. The van der Waals surface area contributed by atoms with E-state index < -0.39 is 11.7 Å². The zero-order valence-corrected chi connectivity index (χ0v) is 23.2. The maximum atomic E-state index is 13.0. The van der Waals surface area contributed by atoms with Gasteiger partial charge in [0.2, 0.25) is 0 Å². The summed E-state index contributed by atoms with van der Waals surface area (Å²) in [6.45, 7) is 10.4. The fraction of sp³-hybridized carbons (Fsp3) is 0.387. The smallest absolute Gasteiger partial charge is 0.416 e. The average molecular weight is 545 g/mol. The lowest BCUT2D eigenvalue weighted by Gasteiger charge is -2.32. The number of unbranched alkanes of at least 4 members (excludes halogenated alkanes) is 2. The van der Waals surface area contributed by atoms with Crippen molar-refractivity contribution < 1.29 is 27.4 Å². The maximum Gasteiger partial charge on any atom is 0.416 e. The Morgan fingerprint density at radius 1 is 1.03 bits per heavy atom. The number of ether oxygens (including phenoxy) is 2. The van der Waals surface area contributed by atoms with Crippen molar-refractivity contribution in [2.24, 2.45) is 0 Å². The van der Waals surface area contributed by atoms with E-state index in [4.69, 9.17) is 9.47 Å². The second-order valence-corrected chi connectivity index (χ2v) is 10.8. The summed E-state index contributed by atoms with van der Waals surface area (Å²) < 4.78 is 50.3. The lowest BCUT2D eigenvalue weighted by molar-refractivity contribution is -0.137. The van der Waals surface area contributed by atoms with Crippen LogP contribution in [0.4, 0.5) is 13.2 Å². The second-order valence-electron chi connectivity index (χ2n) is 9.68. The van der Waals surface area contributed by atoms with Gasteiger partial charge in [-0.25, -0.2) is 4.79 Å². The summed E-state index contributed by atoms with van der Waals surface area (Å²) in [5, 5.41) is 0. The Morgan fingerprint density at radius 3 is 2.24 bits per heavy atom. The van der Waals surface area contributed by atoms with Crippen molar-refractivity contribution in [3.8, 4) is 16.9 Å². The number of rotatable bonds is 12. The minimum Gasteiger partial charge on any atom is -0.493 e. The van der Waals surface area contributed by atoms with Crippen LogP contribution < -0.4 is 4.74 Å². The molecule has 3 rings (SSSR count). The first-order chi connectivity index (χ1) is 18.0. The van der Waals surface area contributed by atoms with Gasteiger partial charge >= 0.3 is 12.1 Å². The number of hydrogen-bond donors (Lipinski definition) is 0. The second kappa shape index (κ2) is 12.7. The molecule has 0 amide bonds. The van der Waals surface area contributed by atoms with Crippen LogP contribution in [0.15, 0.2) is 61.2 Å². The molecule has 38 heavy (non-hydrogen) atoms. The monoisotopic (exact) mass is 544 g/mol. The Kier molecular flexibility index (Phi) is 9.82. The van der Waals surface area contributed by atoms with Crippen LogP contribution in [0.2, 0.25) is 0 Å². The number of thiophene rings is 1. The van der Waals surface area contributed by atoms with Crippen LogP contribution >= 0.6 is 11.3 Å². The molecule has 0 bridgehead atoms. The van der Waals surface area contributed by atoms with E-state index in [2.05, 4.69) is 13.5 Å². The first-order valence-electron chi connectivity index (χ1n) is 12.8. The number of benzene rings is 2. The molecule has 1 atom stereocenters. The molecular formula is C31H35F3O3S. The van der Waals surface area contributed by atoms with E-state index in [1.54, 1.807) is 6.07 Å². The number of allylic oxidation sites excluding steroid dienone is 1. The highest BCUT2D eigenvalue weighted by atomic mass is 32.1. The molecule has 3 aromatic rings. The highest BCUT2D eigenvalue weighted by Gasteiger charge is 2.34. The molecule has 0 saturated carbocycles. The molecule has 0 aliphatic heterocycles. The van der Waals surface area contributed by atoms with Crippen LogP contribution in [-0.2, 0) is 16.3 Å². The van der Waals surface area contributed by atoms with E-state index >= 15 is 0 Å². The average Bonchev–Trinajstić information content (AvgIpc) is 3.37. The highest BCUT2D eigenvalue weighted by Crippen LogP contribution is 2.40. The van der Waals surface area contributed by atoms with Crippen LogP contribution in [0.3, 0.4) is 0 Å². The van der Waals surface area contributed by atoms with Crippen molar-refractivity contribution in [3.05, 3.63) is 87.6 Å². The molecule has 3 nitrogen and oxygen atoms in total. The molecule has 1 unspecified atom stereocenters. The molecule has 0 fully saturated rings. The number of alkyl halides is 3. The number of esters is 1. The minimum atomic E-state index is -4.37. The van der Waals surface area contributed by atoms with Crippen molar-refractivity contribution in [1.29, 1.82) is 0 Å². The summed E-state index contributed by atoms with van der Waals surface area (Å²) >= 11 is 1.43. The van der Waals surface area contributed by atoms with Crippen LogP contribution in [0.5, 0.6) is 5.75 Å². The van der Waals surface area contributed by atoms with Crippen molar-refractivity contribution in [2.45, 2.75) is 64.5 Å². The van der Waals surface area contributed by atoms with E-state index in [1.807, 2.05) is 38.1 Å². The molecule has 7 heteroatoms. The van der Waals surface area contributed by atoms with Gasteiger partial charge in [0.25, 0.3) is 0 Å². The van der Waals surface area contributed by atoms with Gasteiger partial charge in [-0.3, -0.25) is 0 Å². The first-order valence-corrected chi connectivity index (χ1v) is 13.6. The van der Waals surface area contributed by atoms with Gasteiger partial charge in [0.1, 0.15) is 10.6 Å². The summed E-state index contributed by atoms with van der Waals surface area (Å²) in [6, 6.07) is 12.9. The molecule has 1 heterocycles. The molecule has 0 N–H and O–H groups in total. The molecule has 0 aliphatic carbocycles. The summed E-state index contributed by atoms with van der Waals surface area (Å²) in [6.07, 6.45) is 2.31. The molecule has 0 saturated heterocycles. The van der Waals surface area contributed by atoms with Crippen molar-refractivity contribution in [1.82, 2.24) is 0 Å². The van der Waals surface area contributed by atoms with Gasteiger partial charge in [-0.15, -0.1) is 17.9 Å². The predicted octanol–water partition coefficient (Wildman–Crippen LogP) is 9.31. The van der Waals surface area contributed by atoms with Crippen molar-refractivity contribution in [2.75, 3.05) is 13.7 Å². The predicted molar refractivity (Wildman–Crippen MR) is 148 cm³/mol. The number of hydrogen-bond acceptors (Lipinski definition) is 4. The lowest BCUT2D eigenvalue weighted by atomic mass is 9.78. The Balaban J connectivity index is 1.90. The van der Waals surface area contributed by atoms with Gasteiger partial charge in [0.05, 0.1) is 19.3 Å². The standard InChI is InChI=1S/C31H35F3O3S/c1-6-8-9-17-30(16-7-2,27-15-14-26(38-27)29(35)36-5)20-37-25-18-21(3)28(22(4)19-25)23-10-12-24(13-11-23)31(32,33)34/h7,10-15,18-19H,2,6,8-9,16-17,20H2,1,3-5H3. The Labute approximate surface area is 227 Å². The third-order valence-corrected chi connectivity index (χ3v) is 8.14. The molecule has 1 aromatic heterocycles. The van der Waals surface area contributed by atoms with E-state index in [0.717, 1.165) is 64.9 Å². The number of aryl methyl sites for hydroxylation is 2. The van der Waals surface area contributed by atoms with Crippen molar-refractivity contribution in [3.63, 3.8) is 0 Å². The van der Waals surface area contributed by atoms with Crippen LogP contribution in [0.1, 0.15) is 70.3 Å². The van der Waals surface area contributed by atoms with Crippen molar-refractivity contribution >= 4 is 17.3 Å². The number of carbonyl (C=O) groups excluding carboxylic acids is 1. The number of carbonyl (C=O) groups is 1. The van der Waals surface area contributed by atoms with Gasteiger partial charge in [0.15, 0.2) is 0 Å². The lowest BCUT2D eigenvalue weighted by Crippen LogP contribution is -2.32. The number of halogens is 3. The Bertz CT molecular complexity index is 1220. The normalized spacial score (nSPS) is 13.1. The van der Waals surface area contributed by atoms with Crippen LogP contribution in [-0.4, -0.2) is 19.7 Å². The minimum absolute atomic E-state index is 0.345. The largest absolute Gasteiger partial charge is 0.493 e. The van der Waals surface area contributed by atoms with Gasteiger partial charge in [-0.1, -0.05) is 44.4 Å². The Hall–Kier alpha value is -3.06. The fourth-order valence-corrected chi connectivity index (χ4v) is 6.00. The van der Waals surface area contributed by atoms with E-state index in [0.29, 0.717) is 23.7 Å². The first kappa shape index (κ1) is 29.5. The molecule has 2 aromatic carbocycles. The molecule has 0 radical (unpaired) electrons. The van der Waals surface area contributed by atoms with E-state index in [1.165, 1.54) is 30.6 Å². The van der Waals surface area contributed by atoms with E-state index in [-0.39, 0.29) is 11.4 Å². The quantitative estimate of drug-likeness (QED) is 0.129. The topological polar surface area (TPSA) is 35.5 Å². The van der Waals surface area contributed by atoms with Gasteiger partial charge in [-0.05, 0) is 85.3 Å². The van der Waals surface area contributed by atoms with Gasteiger partial charge < -0.3 is 9.47 Å². The summed E-state index contributed by atoms with van der Waals surface area (Å²) in [5.74, 6) is 0.345. The summed E-state index contributed by atoms with van der Waals surface area (Å²) in [5.41, 5.74) is 2.46. The molecule has 0 spiro atoms. The summed E-state index contributed by atoms with van der Waals surface area (Å²) in [7, 11) is 1.38. The van der Waals surface area contributed by atoms with Crippen LogP contribution in [0.25, 0.3) is 11.1 Å². The van der Waals surface area contributed by atoms with Gasteiger partial charge in [0, 0.05) is 10.3 Å². The SMILES string of the molecule is C=CCC(CCCCC)(COc1cc(C)c(-c2ccc(C(F)(F)F)cc2)c(C)c1)c1ccc(C(=O)OC)s1. The van der Waals surface area contributed by atoms with Gasteiger partial charge in [-0.2, -0.15) is 13.2 Å². The zero-order chi connectivity index (χ0) is 27.9. The third-order valence-electron chi connectivity index (χ3n) is 6.83. The third kappa shape index (κ3) is 6.87. The highest BCUT2D eigenvalue weighted by molar-refractivity contribution is 7.14. The summed E-state index contributed by atoms with van der Waals surface area (Å²) in [4.78, 5) is 13.7. The van der Waals surface area contributed by atoms with E-state index in [9.17, 15) is 18.0 Å².